The van der Waals surface area contributed by atoms with Crippen LogP contribution < -0.4 is 0 Å². The van der Waals surface area contributed by atoms with Gasteiger partial charge in [-0.3, -0.25) is 14.7 Å². The highest BCUT2D eigenvalue weighted by molar-refractivity contribution is 9.10. The molecule has 0 saturated heterocycles. The van der Waals surface area contributed by atoms with E-state index < -0.39 is 29.6 Å². The van der Waals surface area contributed by atoms with Gasteiger partial charge >= 0.3 is 6.18 Å². The number of methoxy groups -OCH3 is 1. The molecule has 3 aliphatic rings. The lowest BCUT2D eigenvalue weighted by atomic mass is 9.61. The van der Waals surface area contributed by atoms with E-state index in [-0.39, 0.29) is 11.9 Å². The van der Waals surface area contributed by atoms with Crippen molar-refractivity contribution >= 4 is 27.7 Å². The van der Waals surface area contributed by atoms with E-state index in [4.69, 9.17) is 9.73 Å². The maximum atomic E-state index is 13.6. The molecule has 0 bridgehead atoms. The summed E-state index contributed by atoms with van der Waals surface area (Å²) in [5, 5.41) is 0. The largest absolute Gasteiger partial charge is 0.406 e. The highest BCUT2D eigenvalue weighted by Gasteiger charge is 2.66. The van der Waals surface area contributed by atoms with Crippen molar-refractivity contribution in [3.8, 4) is 0 Å². The van der Waals surface area contributed by atoms with E-state index in [1.54, 1.807) is 7.11 Å². The molecule has 1 aliphatic heterocycles. The monoisotopic (exact) mass is 458 g/mol. The Balaban J connectivity index is 1.84. The number of aliphatic imine (C=N–C) groups is 1. The molecule has 8 heteroatoms. The van der Waals surface area contributed by atoms with Gasteiger partial charge in [0.15, 0.2) is 5.54 Å². The summed E-state index contributed by atoms with van der Waals surface area (Å²) in [5.74, 6) is -0.404. The second-order valence-electron chi connectivity index (χ2n) is 8.07. The molecule has 1 aromatic rings. The van der Waals surface area contributed by atoms with Crippen LogP contribution in [0.4, 0.5) is 13.2 Å². The Morgan fingerprint density at radius 2 is 2.00 bits per heavy atom. The zero-order valence-electron chi connectivity index (χ0n) is 15.8. The summed E-state index contributed by atoms with van der Waals surface area (Å²) in [6.45, 7) is 0.200. The van der Waals surface area contributed by atoms with Crippen molar-refractivity contribution in [2.75, 3.05) is 13.7 Å². The number of carbonyl (C=O) groups is 1. The molecule has 0 N–H and O–H groups in total. The molecule has 0 aromatic heterocycles. The quantitative estimate of drug-likeness (QED) is 0.649. The van der Waals surface area contributed by atoms with Crippen LogP contribution in [-0.2, 0) is 21.5 Å². The second kappa shape index (κ2) is 6.55. The van der Waals surface area contributed by atoms with Crippen LogP contribution in [0.1, 0.15) is 43.7 Å². The number of amidine groups is 1. The van der Waals surface area contributed by atoms with Crippen molar-refractivity contribution in [1.29, 1.82) is 0 Å². The van der Waals surface area contributed by atoms with E-state index in [1.165, 1.54) is 6.92 Å². The summed E-state index contributed by atoms with van der Waals surface area (Å²) in [5.41, 5.74) is -0.0473. The molecule has 0 radical (unpaired) electrons. The van der Waals surface area contributed by atoms with Gasteiger partial charge in [-0.15, -0.1) is 0 Å². The van der Waals surface area contributed by atoms with E-state index >= 15 is 0 Å². The standard InChI is InChI=1S/C20H22BrF3N2O2/c1-12-25-20(17(27)26(12)11-19(22,23)24)16-9-14(21)4-3-13(16)10-18(20)7-5-15(28-2)6-8-18/h3-4,9,15H,5-8,10-11H2,1-2H3. The first kappa shape index (κ1) is 19.9. The van der Waals surface area contributed by atoms with Gasteiger partial charge in [-0.25, -0.2) is 0 Å². The first-order valence-corrected chi connectivity index (χ1v) is 10.2. The molecule has 2 aliphatic carbocycles. The maximum absolute atomic E-state index is 13.6. The van der Waals surface area contributed by atoms with Gasteiger partial charge in [0, 0.05) is 17.0 Å². The average Bonchev–Trinajstić information content (AvgIpc) is 3.03. The van der Waals surface area contributed by atoms with E-state index in [2.05, 4.69) is 15.9 Å². The van der Waals surface area contributed by atoms with E-state index in [0.29, 0.717) is 19.3 Å². The number of alkyl halides is 3. The topological polar surface area (TPSA) is 41.9 Å². The van der Waals surface area contributed by atoms with Crippen molar-refractivity contribution in [2.45, 2.75) is 56.8 Å². The number of fused-ring (bicyclic) bond motifs is 3. The van der Waals surface area contributed by atoms with Crippen LogP contribution in [0.5, 0.6) is 0 Å². The van der Waals surface area contributed by atoms with Crippen LogP contribution in [0.25, 0.3) is 0 Å². The Morgan fingerprint density at radius 3 is 2.61 bits per heavy atom. The van der Waals surface area contributed by atoms with Gasteiger partial charge in [0.1, 0.15) is 12.4 Å². The van der Waals surface area contributed by atoms with Gasteiger partial charge in [0.05, 0.1) is 6.10 Å². The fraction of sp³-hybridized carbons (Fsp3) is 0.600. The number of ether oxygens (including phenoxy) is 1. The summed E-state index contributed by atoms with van der Waals surface area (Å²) in [7, 11) is 1.67. The number of rotatable bonds is 2. The van der Waals surface area contributed by atoms with E-state index in [9.17, 15) is 18.0 Å². The molecular weight excluding hydrogens is 437 g/mol. The van der Waals surface area contributed by atoms with Gasteiger partial charge in [-0.1, -0.05) is 22.0 Å². The molecule has 4 nitrogen and oxygen atoms in total. The molecule has 1 saturated carbocycles. The Bertz CT molecular complexity index is 846. The van der Waals surface area contributed by atoms with Crippen molar-refractivity contribution in [3.63, 3.8) is 0 Å². The lowest BCUT2D eigenvalue weighted by Crippen LogP contribution is -2.53. The number of hydrogen-bond acceptors (Lipinski definition) is 3. The van der Waals surface area contributed by atoms with Crippen molar-refractivity contribution in [2.24, 2.45) is 10.4 Å². The van der Waals surface area contributed by atoms with Gasteiger partial charge in [0.25, 0.3) is 5.91 Å². The van der Waals surface area contributed by atoms with Crippen LogP contribution in [0, 0.1) is 5.41 Å². The Hall–Kier alpha value is -1.41. The summed E-state index contributed by atoms with van der Waals surface area (Å²) >= 11 is 3.45. The molecule has 1 aromatic carbocycles. The number of amides is 1. The first-order chi connectivity index (χ1) is 13.1. The molecule has 152 valence electrons. The molecule has 1 atom stereocenters. The highest BCUT2D eigenvalue weighted by atomic mass is 79.9. The van der Waals surface area contributed by atoms with Crippen molar-refractivity contribution in [3.05, 3.63) is 33.8 Å². The van der Waals surface area contributed by atoms with E-state index in [1.807, 2.05) is 18.2 Å². The molecule has 1 fully saturated rings. The number of halogens is 4. The van der Waals surface area contributed by atoms with Crippen molar-refractivity contribution < 1.29 is 22.7 Å². The van der Waals surface area contributed by atoms with Gasteiger partial charge in [-0.05, 0) is 62.3 Å². The molecule has 2 spiro atoms. The fourth-order valence-electron chi connectivity index (χ4n) is 5.32. The summed E-state index contributed by atoms with van der Waals surface area (Å²) in [6, 6.07) is 5.73. The van der Waals surface area contributed by atoms with Crippen LogP contribution in [0.15, 0.2) is 27.7 Å². The lowest BCUT2D eigenvalue weighted by Gasteiger charge is -2.45. The van der Waals surface area contributed by atoms with Gasteiger partial charge in [-0.2, -0.15) is 13.2 Å². The predicted molar refractivity (Wildman–Crippen MR) is 102 cm³/mol. The van der Waals surface area contributed by atoms with Crippen molar-refractivity contribution in [1.82, 2.24) is 4.90 Å². The second-order valence-corrected chi connectivity index (χ2v) is 8.99. The third kappa shape index (κ3) is 2.83. The average molecular weight is 459 g/mol. The fourth-order valence-corrected chi connectivity index (χ4v) is 5.68. The van der Waals surface area contributed by atoms with Crippen LogP contribution in [0.3, 0.4) is 0 Å². The maximum Gasteiger partial charge on any atom is 0.406 e. The molecule has 4 rings (SSSR count). The summed E-state index contributed by atoms with van der Waals surface area (Å²) in [6.07, 6.45) is -0.777. The normalized spacial score (nSPS) is 32.4. The smallest absolute Gasteiger partial charge is 0.381 e. The summed E-state index contributed by atoms with van der Waals surface area (Å²) < 4.78 is 45.7. The predicted octanol–water partition coefficient (Wildman–Crippen LogP) is 4.60. The zero-order chi connectivity index (χ0) is 20.3. The minimum atomic E-state index is -4.47. The van der Waals surface area contributed by atoms with Gasteiger partial charge < -0.3 is 4.74 Å². The summed E-state index contributed by atoms with van der Waals surface area (Å²) in [4.78, 5) is 19.1. The van der Waals surface area contributed by atoms with Crippen LogP contribution in [-0.4, -0.2) is 42.6 Å². The highest BCUT2D eigenvalue weighted by Crippen LogP contribution is 2.62. The number of benzene rings is 1. The number of hydrogen-bond donors (Lipinski definition) is 0. The first-order valence-electron chi connectivity index (χ1n) is 9.39. The Morgan fingerprint density at radius 1 is 1.32 bits per heavy atom. The third-order valence-electron chi connectivity index (χ3n) is 6.59. The van der Waals surface area contributed by atoms with Crippen LogP contribution >= 0.6 is 15.9 Å². The minimum absolute atomic E-state index is 0.117. The van der Waals surface area contributed by atoms with Crippen LogP contribution in [0.2, 0.25) is 0 Å². The zero-order valence-corrected chi connectivity index (χ0v) is 17.4. The molecular formula is C20H22BrF3N2O2. The SMILES string of the molecule is COC1CCC2(CC1)Cc1ccc(Br)cc1C21N=C(C)N(CC(F)(F)F)C1=O. The van der Waals surface area contributed by atoms with Gasteiger partial charge in [0.2, 0.25) is 0 Å². The minimum Gasteiger partial charge on any atom is -0.381 e. The molecule has 1 amide bonds. The Labute approximate surface area is 170 Å². The third-order valence-corrected chi connectivity index (χ3v) is 7.09. The van der Waals surface area contributed by atoms with E-state index in [0.717, 1.165) is 33.3 Å². The Kier molecular flexibility index (Phi) is 4.65. The number of carbonyl (C=O) groups excluding carboxylic acids is 1. The number of nitrogens with zero attached hydrogens (tertiary/aromatic N) is 2. The molecule has 28 heavy (non-hydrogen) atoms. The molecule has 1 unspecified atom stereocenters. The lowest BCUT2D eigenvalue weighted by molar-refractivity contribution is -0.158. The molecule has 1 heterocycles.